The van der Waals surface area contributed by atoms with Crippen molar-refractivity contribution in [3.63, 3.8) is 0 Å². The van der Waals surface area contributed by atoms with Crippen LogP contribution in [0.1, 0.15) is 24.1 Å². The van der Waals surface area contributed by atoms with Crippen LogP contribution in [-0.4, -0.2) is 35.7 Å². The minimum atomic E-state index is -1.08. The smallest absolute Gasteiger partial charge is 0.233 e. The Kier molecular flexibility index (Phi) is 4.92. The van der Waals surface area contributed by atoms with Crippen molar-refractivity contribution in [2.75, 3.05) is 19.0 Å². The lowest BCUT2D eigenvalue weighted by molar-refractivity contribution is -0.144. The lowest BCUT2D eigenvalue weighted by Gasteiger charge is -2.56. The van der Waals surface area contributed by atoms with Gasteiger partial charge in [-0.3, -0.25) is 9.69 Å². The number of amides is 1. The van der Waals surface area contributed by atoms with Crippen LogP contribution in [0, 0.1) is 12.8 Å². The number of hydrogen-bond acceptors (Lipinski definition) is 3. The molecule has 3 unspecified atom stereocenters. The van der Waals surface area contributed by atoms with Gasteiger partial charge in [0.05, 0.1) is 11.1 Å². The van der Waals surface area contributed by atoms with Crippen LogP contribution in [0.25, 0.3) is 0 Å². The van der Waals surface area contributed by atoms with Crippen molar-refractivity contribution >= 4 is 52.1 Å². The van der Waals surface area contributed by atoms with E-state index in [-0.39, 0.29) is 5.91 Å². The summed E-state index contributed by atoms with van der Waals surface area (Å²) >= 11 is 18.4. The van der Waals surface area contributed by atoms with Crippen molar-refractivity contribution < 1.29 is 9.53 Å². The fourth-order valence-electron chi connectivity index (χ4n) is 4.14. The van der Waals surface area contributed by atoms with E-state index in [4.69, 9.17) is 40.2 Å². The molecule has 3 atom stereocenters. The Morgan fingerprint density at radius 1 is 1.24 bits per heavy atom. The molecular formula is C21H21Cl2N3O2S. The number of aryl methyl sites for hydroxylation is 1. The zero-order valence-electron chi connectivity index (χ0n) is 16.5. The molecule has 0 radical (unpaired) electrons. The normalized spacial score (nSPS) is 25.0. The summed E-state index contributed by atoms with van der Waals surface area (Å²) in [7, 11) is 3.47. The number of anilines is 1. The third-order valence-corrected chi connectivity index (χ3v) is 6.32. The second kappa shape index (κ2) is 7.04. The van der Waals surface area contributed by atoms with Gasteiger partial charge in [-0.05, 0) is 50.3 Å². The maximum atomic E-state index is 13.3. The van der Waals surface area contributed by atoms with Gasteiger partial charge in [-0.15, -0.1) is 0 Å². The predicted molar refractivity (Wildman–Crippen MR) is 120 cm³/mol. The van der Waals surface area contributed by atoms with E-state index in [1.165, 1.54) is 0 Å². The molecule has 1 saturated heterocycles. The summed E-state index contributed by atoms with van der Waals surface area (Å²) in [4.78, 5) is 16.7. The van der Waals surface area contributed by atoms with Crippen molar-refractivity contribution in [2.24, 2.45) is 5.92 Å². The first-order valence-electron chi connectivity index (χ1n) is 9.20. The van der Waals surface area contributed by atoms with Gasteiger partial charge in [0.1, 0.15) is 11.7 Å². The number of carbonyl (C=O) groups excluding carboxylic acids is 1. The largest absolute Gasteiger partial charge is 0.465 e. The van der Waals surface area contributed by atoms with Crippen molar-refractivity contribution in [3.05, 3.63) is 57.6 Å². The van der Waals surface area contributed by atoms with Crippen LogP contribution in [0.3, 0.4) is 0 Å². The average Bonchev–Trinajstić information content (AvgIpc) is 2.63. The summed E-state index contributed by atoms with van der Waals surface area (Å²) < 4.78 is 6.49. The Labute approximate surface area is 185 Å². The van der Waals surface area contributed by atoms with Gasteiger partial charge in [-0.25, -0.2) is 0 Å². The molecule has 0 saturated carbocycles. The van der Waals surface area contributed by atoms with Crippen LogP contribution < -0.4 is 15.0 Å². The molecule has 152 valence electrons. The lowest BCUT2D eigenvalue weighted by Crippen LogP contribution is -2.72. The van der Waals surface area contributed by atoms with Crippen LogP contribution in [0.5, 0.6) is 5.75 Å². The molecule has 0 aromatic heterocycles. The molecule has 4 rings (SSSR count). The van der Waals surface area contributed by atoms with E-state index in [1.807, 2.05) is 43.0 Å². The quantitative estimate of drug-likeness (QED) is 0.681. The molecule has 2 aromatic rings. The molecule has 2 aliphatic heterocycles. The Balaban J connectivity index is 1.94. The molecule has 0 spiro atoms. The van der Waals surface area contributed by atoms with Crippen molar-refractivity contribution in [2.45, 2.75) is 25.6 Å². The van der Waals surface area contributed by atoms with E-state index >= 15 is 0 Å². The van der Waals surface area contributed by atoms with Crippen molar-refractivity contribution in [1.29, 1.82) is 0 Å². The van der Waals surface area contributed by atoms with E-state index in [2.05, 4.69) is 5.32 Å². The van der Waals surface area contributed by atoms with Crippen LogP contribution >= 0.6 is 35.4 Å². The number of halogens is 2. The fraction of sp³-hybridized carbons (Fsp3) is 0.333. The number of thiocarbonyl (C=S) groups is 1. The van der Waals surface area contributed by atoms with Gasteiger partial charge < -0.3 is 15.0 Å². The Morgan fingerprint density at radius 3 is 2.52 bits per heavy atom. The summed E-state index contributed by atoms with van der Waals surface area (Å²) in [5, 5.41) is 4.70. The summed E-state index contributed by atoms with van der Waals surface area (Å²) in [5.41, 5.74) is 1.61. The van der Waals surface area contributed by atoms with Gasteiger partial charge in [-0.1, -0.05) is 40.9 Å². The Bertz CT molecular complexity index is 1010. The van der Waals surface area contributed by atoms with Crippen LogP contribution in [0.4, 0.5) is 5.69 Å². The number of carbonyl (C=O) groups is 1. The first-order chi connectivity index (χ1) is 13.6. The molecule has 0 aliphatic carbocycles. The third-order valence-electron chi connectivity index (χ3n) is 5.52. The molecule has 2 heterocycles. The topological polar surface area (TPSA) is 44.8 Å². The fourth-order valence-corrected chi connectivity index (χ4v) is 5.10. The number of fused-ring (bicyclic) bond motifs is 4. The monoisotopic (exact) mass is 449 g/mol. The van der Waals surface area contributed by atoms with E-state index in [9.17, 15) is 4.79 Å². The van der Waals surface area contributed by atoms with Crippen LogP contribution in [0.2, 0.25) is 10.0 Å². The third kappa shape index (κ3) is 3.14. The van der Waals surface area contributed by atoms with Gasteiger partial charge in [0.2, 0.25) is 5.91 Å². The minimum Gasteiger partial charge on any atom is -0.465 e. The van der Waals surface area contributed by atoms with E-state index in [1.54, 1.807) is 31.1 Å². The highest BCUT2D eigenvalue weighted by atomic mass is 35.5. The Hall–Kier alpha value is -2.02. The molecule has 29 heavy (non-hydrogen) atoms. The lowest BCUT2D eigenvalue weighted by atomic mass is 9.78. The zero-order valence-corrected chi connectivity index (χ0v) is 18.8. The first kappa shape index (κ1) is 20.3. The maximum absolute atomic E-state index is 13.3. The second-order valence-electron chi connectivity index (χ2n) is 7.77. The van der Waals surface area contributed by atoms with E-state index in [0.29, 0.717) is 20.9 Å². The summed E-state index contributed by atoms with van der Waals surface area (Å²) in [5.74, 6) is -0.141. The molecule has 1 N–H and O–H groups in total. The zero-order chi connectivity index (χ0) is 21.1. The number of benzene rings is 2. The number of ether oxygens (including phenoxy) is 1. The summed E-state index contributed by atoms with van der Waals surface area (Å²) in [6.45, 7) is 3.90. The molecular weight excluding hydrogens is 429 g/mol. The molecule has 5 nitrogen and oxygen atoms in total. The van der Waals surface area contributed by atoms with Crippen molar-refractivity contribution in [3.8, 4) is 5.75 Å². The predicted octanol–water partition coefficient (Wildman–Crippen LogP) is 4.55. The highest BCUT2D eigenvalue weighted by Crippen LogP contribution is 2.52. The second-order valence-corrected chi connectivity index (χ2v) is 9.00. The number of nitrogens with zero attached hydrogens (tertiary/aromatic N) is 2. The molecule has 1 fully saturated rings. The standard InChI is InChI=1S/C21H21Cl2N3O2S/c1-11-5-7-13(8-6-11)26-20(29)24-17-14-9-12(22)10-15(23)18(14)28-21(26,2)16(17)19(27)25(3)4/h5-10,16-17H,1-4H3,(H,24,29). The molecule has 8 heteroatoms. The van der Waals surface area contributed by atoms with E-state index < -0.39 is 17.7 Å². The van der Waals surface area contributed by atoms with Gasteiger partial charge in [0.25, 0.3) is 0 Å². The minimum absolute atomic E-state index is 0.0774. The molecule has 2 bridgehead atoms. The van der Waals surface area contributed by atoms with Gasteiger partial charge in [-0.2, -0.15) is 0 Å². The maximum Gasteiger partial charge on any atom is 0.233 e. The van der Waals surface area contributed by atoms with Gasteiger partial charge >= 0.3 is 0 Å². The SMILES string of the molecule is Cc1ccc(N2C(=S)NC3c4cc(Cl)cc(Cl)c4OC2(C)C3C(=O)N(C)C)cc1. The number of rotatable bonds is 2. The number of nitrogens with one attached hydrogen (secondary N) is 1. The van der Waals surface area contributed by atoms with Crippen molar-refractivity contribution in [1.82, 2.24) is 10.2 Å². The van der Waals surface area contributed by atoms with Crippen LogP contribution in [-0.2, 0) is 4.79 Å². The highest BCUT2D eigenvalue weighted by molar-refractivity contribution is 7.80. The molecule has 2 aromatic carbocycles. The van der Waals surface area contributed by atoms with Gasteiger partial charge in [0, 0.05) is 30.4 Å². The van der Waals surface area contributed by atoms with Crippen LogP contribution in [0.15, 0.2) is 36.4 Å². The summed E-state index contributed by atoms with van der Waals surface area (Å²) in [6.07, 6.45) is 0. The molecule has 2 aliphatic rings. The molecule has 1 amide bonds. The highest BCUT2D eigenvalue weighted by Gasteiger charge is 2.59. The average molecular weight is 450 g/mol. The summed E-state index contributed by atoms with van der Waals surface area (Å²) in [6, 6.07) is 10.9. The Morgan fingerprint density at radius 2 is 1.90 bits per heavy atom. The van der Waals surface area contributed by atoms with Gasteiger partial charge in [0.15, 0.2) is 10.8 Å². The number of hydrogen-bond donors (Lipinski definition) is 1. The van der Waals surface area contributed by atoms with E-state index in [0.717, 1.165) is 16.8 Å². The first-order valence-corrected chi connectivity index (χ1v) is 10.4.